The van der Waals surface area contributed by atoms with Crippen LogP contribution in [-0.4, -0.2) is 24.0 Å². The molecule has 19 heavy (non-hydrogen) atoms. The van der Waals surface area contributed by atoms with Gasteiger partial charge in [-0.3, -0.25) is 14.9 Å². The number of hydrogen-bond acceptors (Lipinski definition) is 5. The van der Waals surface area contributed by atoms with Gasteiger partial charge in [0.25, 0.3) is 5.69 Å². The van der Waals surface area contributed by atoms with Gasteiger partial charge < -0.3 is 10.1 Å². The van der Waals surface area contributed by atoms with Gasteiger partial charge in [0.15, 0.2) is 0 Å². The summed E-state index contributed by atoms with van der Waals surface area (Å²) >= 11 is 3.27. The van der Waals surface area contributed by atoms with Crippen molar-refractivity contribution in [1.29, 1.82) is 0 Å². The number of carbonyl (C=O) groups excluding carboxylic acids is 1. The summed E-state index contributed by atoms with van der Waals surface area (Å²) in [5.41, 5.74) is 0.455. The van der Waals surface area contributed by atoms with E-state index in [0.717, 1.165) is 4.47 Å². The Labute approximate surface area is 119 Å². The van der Waals surface area contributed by atoms with Crippen LogP contribution in [0, 0.1) is 16.0 Å². The van der Waals surface area contributed by atoms with Gasteiger partial charge >= 0.3 is 5.97 Å². The van der Waals surface area contributed by atoms with Gasteiger partial charge in [-0.15, -0.1) is 0 Å². The third-order valence-electron chi connectivity index (χ3n) is 2.37. The number of nitro groups is 1. The minimum Gasteiger partial charge on any atom is -0.466 e. The van der Waals surface area contributed by atoms with Crippen molar-refractivity contribution in [1.82, 2.24) is 0 Å². The molecule has 0 fully saturated rings. The van der Waals surface area contributed by atoms with Gasteiger partial charge in [0.2, 0.25) is 0 Å². The van der Waals surface area contributed by atoms with Crippen molar-refractivity contribution >= 4 is 33.3 Å². The van der Waals surface area contributed by atoms with E-state index < -0.39 is 4.92 Å². The fourth-order valence-corrected chi connectivity index (χ4v) is 1.77. The average molecular weight is 331 g/mol. The molecule has 7 heteroatoms. The number of esters is 1. The molecular weight excluding hydrogens is 316 g/mol. The van der Waals surface area contributed by atoms with Gasteiger partial charge in [-0.25, -0.2) is 0 Å². The molecule has 0 saturated heterocycles. The smallest absolute Gasteiger partial charge is 0.302 e. The Hall–Kier alpha value is -1.63. The standard InChI is InChI=1S/C12H15BrN2O4/c1-8(7-19-9(2)16)6-14-11-5-10(13)3-4-12(11)15(17)18/h3-5,8,14H,6-7H2,1-2H3/t8-/m1/s1. The van der Waals surface area contributed by atoms with E-state index in [1.807, 2.05) is 6.92 Å². The largest absolute Gasteiger partial charge is 0.466 e. The molecule has 1 atom stereocenters. The monoisotopic (exact) mass is 330 g/mol. The van der Waals surface area contributed by atoms with Crippen molar-refractivity contribution in [2.75, 3.05) is 18.5 Å². The van der Waals surface area contributed by atoms with Crippen LogP contribution in [0.3, 0.4) is 0 Å². The van der Waals surface area contributed by atoms with Gasteiger partial charge in [0.05, 0.1) is 11.5 Å². The number of nitrogens with zero attached hydrogens (tertiary/aromatic N) is 1. The van der Waals surface area contributed by atoms with E-state index in [1.165, 1.54) is 13.0 Å². The van der Waals surface area contributed by atoms with Crippen LogP contribution in [-0.2, 0) is 9.53 Å². The number of ether oxygens (including phenoxy) is 1. The summed E-state index contributed by atoms with van der Waals surface area (Å²) in [6.45, 7) is 3.99. The van der Waals surface area contributed by atoms with Crippen molar-refractivity contribution in [2.45, 2.75) is 13.8 Å². The number of carbonyl (C=O) groups is 1. The lowest BCUT2D eigenvalue weighted by Gasteiger charge is -2.13. The van der Waals surface area contributed by atoms with Crippen molar-refractivity contribution in [3.8, 4) is 0 Å². The van der Waals surface area contributed by atoms with Crippen LogP contribution < -0.4 is 5.32 Å². The Morgan fingerprint density at radius 1 is 1.58 bits per heavy atom. The first-order chi connectivity index (χ1) is 8.90. The van der Waals surface area contributed by atoms with Crippen LogP contribution in [0.25, 0.3) is 0 Å². The SMILES string of the molecule is CC(=O)OC[C@H](C)CNc1cc(Br)ccc1[N+](=O)[O-]. The Balaban J connectivity index is 2.63. The van der Waals surface area contributed by atoms with Crippen LogP contribution in [0.1, 0.15) is 13.8 Å². The Morgan fingerprint density at radius 2 is 2.26 bits per heavy atom. The Kier molecular flexibility index (Phi) is 5.75. The van der Waals surface area contributed by atoms with Gasteiger partial charge in [-0.1, -0.05) is 22.9 Å². The Bertz CT molecular complexity index is 479. The molecule has 1 aromatic rings. The average Bonchev–Trinajstić information content (AvgIpc) is 2.33. The second-order valence-corrected chi connectivity index (χ2v) is 5.12. The summed E-state index contributed by atoms with van der Waals surface area (Å²) in [4.78, 5) is 21.1. The second kappa shape index (κ2) is 7.08. The normalized spacial score (nSPS) is 11.7. The number of benzene rings is 1. The molecule has 0 amide bonds. The maximum absolute atomic E-state index is 10.9. The quantitative estimate of drug-likeness (QED) is 0.492. The molecule has 0 aromatic heterocycles. The number of anilines is 1. The molecule has 0 spiro atoms. The number of hydrogen-bond donors (Lipinski definition) is 1. The number of rotatable bonds is 6. The highest BCUT2D eigenvalue weighted by Gasteiger charge is 2.14. The van der Waals surface area contributed by atoms with Crippen LogP contribution in [0.2, 0.25) is 0 Å². The van der Waals surface area contributed by atoms with Gasteiger partial charge in [0.1, 0.15) is 5.69 Å². The molecule has 0 unspecified atom stereocenters. The van der Waals surface area contributed by atoms with Gasteiger partial charge in [0, 0.05) is 29.9 Å². The van der Waals surface area contributed by atoms with Crippen LogP contribution >= 0.6 is 15.9 Å². The van der Waals surface area contributed by atoms with Crippen LogP contribution in [0.5, 0.6) is 0 Å². The summed E-state index contributed by atoms with van der Waals surface area (Å²) in [6.07, 6.45) is 0. The van der Waals surface area contributed by atoms with Gasteiger partial charge in [-0.2, -0.15) is 0 Å². The third kappa shape index (κ3) is 5.25. The lowest BCUT2D eigenvalue weighted by molar-refractivity contribution is -0.384. The molecule has 1 rings (SSSR count). The molecule has 0 aliphatic heterocycles. The van der Waals surface area contributed by atoms with Crippen LogP contribution in [0.4, 0.5) is 11.4 Å². The molecule has 104 valence electrons. The minimum atomic E-state index is -0.439. The predicted molar refractivity (Wildman–Crippen MR) is 75.1 cm³/mol. The van der Waals surface area contributed by atoms with Crippen molar-refractivity contribution in [3.05, 3.63) is 32.8 Å². The zero-order valence-electron chi connectivity index (χ0n) is 10.7. The predicted octanol–water partition coefficient (Wildman–Crippen LogP) is 2.97. The minimum absolute atomic E-state index is 0.0166. The molecule has 0 radical (unpaired) electrons. The zero-order chi connectivity index (χ0) is 14.4. The van der Waals surface area contributed by atoms with E-state index in [-0.39, 0.29) is 24.2 Å². The molecule has 0 bridgehead atoms. The first-order valence-corrected chi connectivity index (χ1v) is 6.50. The van der Waals surface area contributed by atoms with Gasteiger partial charge in [-0.05, 0) is 12.1 Å². The fourth-order valence-electron chi connectivity index (χ4n) is 1.41. The summed E-state index contributed by atoms with van der Waals surface area (Å²) in [5.74, 6) is -0.275. The first kappa shape index (κ1) is 15.4. The molecule has 0 saturated carbocycles. The highest BCUT2D eigenvalue weighted by atomic mass is 79.9. The lowest BCUT2D eigenvalue weighted by Crippen LogP contribution is -2.18. The maximum atomic E-state index is 10.9. The summed E-state index contributed by atoms with van der Waals surface area (Å²) in [5, 5.41) is 13.9. The molecule has 6 nitrogen and oxygen atoms in total. The van der Waals surface area contributed by atoms with E-state index >= 15 is 0 Å². The van der Waals surface area contributed by atoms with Crippen molar-refractivity contribution < 1.29 is 14.5 Å². The topological polar surface area (TPSA) is 81.5 Å². The summed E-state index contributed by atoms with van der Waals surface area (Å²) in [7, 11) is 0. The molecule has 1 N–H and O–H groups in total. The van der Waals surface area contributed by atoms with Crippen molar-refractivity contribution in [2.24, 2.45) is 5.92 Å². The highest BCUT2D eigenvalue weighted by molar-refractivity contribution is 9.10. The Morgan fingerprint density at radius 3 is 2.84 bits per heavy atom. The molecule has 0 aliphatic rings. The molecule has 0 heterocycles. The third-order valence-corrected chi connectivity index (χ3v) is 2.86. The van der Waals surface area contributed by atoms with E-state index in [2.05, 4.69) is 21.2 Å². The van der Waals surface area contributed by atoms with E-state index in [1.54, 1.807) is 12.1 Å². The first-order valence-electron chi connectivity index (χ1n) is 5.71. The second-order valence-electron chi connectivity index (χ2n) is 4.21. The summed E-state index contributed by atoms with van der Waals surface area (Å²) < 4.78 is 5.63. The molecule has 0 aliphatic carbocycles. The van der Waals surface area contributed by atoms with E-state index in [9.17, 15) is 14.9 Å². The fraction of sp³-hybridized carbons (Fsp3) is 0.417. The van der Waals surface area contributed by atoms with Crippen LogP contribution in [0.15, 0.2) is 22.7 Å². The lowest BCUT2D eigenvalue weighted by atomic mass is 10.2. The maximum Gasteiger partial charge on any atom is 0.302 e. The zero-order valence-corrected chi connectivity index (χ0v) is 12.3. The van der Waals surface area contributed by atoms with E-state index in [0.29, 0.717) is 12.2 Å². The number of halogens is 1. The van der Waals surface area contributed by atoms with E-state index in [4.69, 9.17) is 4.74 Å². The molecule has 1 aromatic carbocycles. The molecular formula is C12H15BrN2O4. The van der Waals surface area contributed by atoms with Crippen molar-refractivity contribution in [3.63, 3.8) is 0 Å². The summed E-state index contributed by atoms with van der Waals surface area (Å²) in [6, 6.07) is 4.70. The highest BCUT2D eigenvalue weighted by Crippen LogP contribution is 2.27. The number of nitro benzene ring substituents is 1. The number of nitrogens with one attached hydrogen (secondary N) is 1.